The molecule has 1 saturated carbocycles. The van der Waals surface area contributed by atoms with Gasteiger partial charge in [-0.3, -0.25) is 4.79 Å². The van der Waals surface area contributed by atoms with E-state index in [9.17, 15) is 9.59 Å². The predicted molar refractivity (Wildman–Crippen MR) is 98.8 cm³/mol. The molecule has 0 radical (unpaired) electrons. The summed E-state index contributed by atoms with van der Waals surface area (Å²) in [6.07, 6.45) is 3.80. The Labute approximate surface area is 150 Å². The van der Waals surface area contributed by atoms with Crippen molar-refractivity contribution in [3.63, 3.8) is 0 Å². The molecule has 1 aliphatic heterocycles. The van der Waals surface area contributed by atoms with Gasteiger partial charge in [0.15, 0.2) is 5.13 Å². The molecule has 132 valence electrons. The summed E-state index contributed by atoms with van der Waals surface area (Å²) < 4.78 is 1.07. The van der Waals surface area contributed by atoms with Crippen molar-refractivity contribution < 1.29 is 9.59 Å². The Morgan fingerprint density at radius 1 is 1.28 bits per heavy atom. The maximum atomic E-state index is 12.6. The Morgan fingerprint density at radius 2 is 2.12 bits per heavy atom. The van der Waals surface area contributed by atoms with Crippen molar-refractivity contribution in [2.24, 2.45) is 5.92 Å². The number of thiazole rings is 1. The maximum Gasteiger partial charge on any atom is 0.317 e. The van der Waals surface area contributed by atoms with Gasteiger partial charge in [0.1, 0.15) is 0 Å². The van der Waals surface area contributed by atoms with E-state index in [1.165, 1.54) is 16.9 Å². The molecule has 1 atom stereocenters. The number of carbonyl (C=O) groups is 2. The van der Waals surface area contributed by atoms with Gasteiger partial charge in [-0.05, 0) is 50.3 Å². The van der Waals surface area contributed by atoms with Crippen molar-refractivity contribution >= 4 is 38.6 Å². The number of rotatable bonds is 3. The van der Waals surface area contributed by atoms with Crippen molar-refractivity contribution in [1.82, 2.24) is 15.2 Å². The van der Waals surface area contributed by atoms with E-state index in [1.807, 2.05) is 19.1 Å². The summed E-state index contributed by atoms with van der Waals surface area (Å²) in [6.45, 7) is 3.25. The van der Waals surface area contributed by atoms with Crippen LogP contribution in [0.3, 0.4) is 0 Å². The van der Waals surface area contributed by atoms with E-state index >= 15 is 0 Å². The lowest BCUT2D eigenvalue weighted by Gasteiger charge is -2.31. The zero-order chi connectivity index (χ0) is 17.4. The van der Waals surface area contributed by atoms with Crippen LogP contribution < -0.4 is 10.6 Å². The number of carbonyl (C=O) groups excluding carboxylic acids is 2. The lowest BCUT2D eigenvalue weighted by atomic mass is 9.97. The fraction of sp³-hybridized carbons (Fsp3) is 0.500. The molecule has 1 aromatic heterocycles. The Bertz CT molecular complexity index is 815. The highest BCUT2D eigenvalue weighted by Gasteiger charge is 2.31. The first-order valence-electron chi connectivity index (χ1n) is 8.82. The predicted octanol–water partition coefficient (Wildman–Crippen LogP) is 3.13. The number of urea groups is 1. The second-order valence-corrected chi connectivity index (χ2v) is 8.02. The molecule has 0 spiro atoms. The minimum atomic E-state index is -0.174. The van der Waals surface area contributed by atoms with Crippen molar-refractivity contribution in [2.75, 3.05) is 18.4 Å². The first-order valence-corrected chi connectivity index (χ1v) is 9.63. The fourth-order valence-corrected chi connectivity index (χ4v) is 4.13. The van der Waals surface area contributed by atoms with Gasteiger partial charge in [0, 0.05) is 19.1 Å². The number of fused-ring (bicyclic) bond motifs is 1. The van der Waals surface area contributed by atoms with Gasteiger partial charge >= 0.3 is 6.03 Å². The Kier molecular flexibility index (Phi) is 4.33. The quantitative estimate of drug-likeness (QED) is 0.885. The second-order valence-electron chi connectivity index (χ2n) is 6.99. The van der Waals surface area contributed by atoms with E-state index < -0.39 is 0 Å². The van der Waals surface area contributed by atoms with Gasteiger partial charge in [-0.25, -0.2) is 9.78 Å². The van der Waals surface area contributed by atoms with Crippen LogP contribution in [0.15, 0.2) is 18.2 Å². The molecular weight excluding hydrogens is 336 g/mol. The summed E-state index contributed by atoms with van der Waals surface area (Å²) in [5.74, 6) is -0.216. The van der Waals surface area contributed by atoms with Crippen LogP contribution in [-0.4, -0.2) is 41.0 Å². The van der Waals surface area contributed by atoms with Gasteiger partial charge in [0.2, 0.25) is 5.91 Å². The fourth-order valence-electron chi connectivity index (χ4n) is 3.16. The third kappa shape index (κ3) is 3.76. The van der Waals surface area contributed by atoms with Crippen molar-refractivity contribution in [2.45, 2.75) is 38.6 Å². The molecule has 2 aliphatic rings. The van der Waals surface area contributed by atoms with E-state index in [4.69, 9.17) is 0 Å². The SMILES string of the molecule is Cc1ccc2nc(NC(=O)C3CCCN(C(=O)NC4CC4)C3)sc2c1. The molecule has 2 heterocycles. The third-order valence-corrected chi connectivity index (χ3v) is 5.69. The first-order chi connectivity index (χ1) is 12.1. The lowest BCUT2D eigenvalue weighted by molar-refractivity contribution is -0.121. The highest BCUT2D eigenvalue weighted by Crippen LogP contribution is 2.28. The zero-order valence-electron chi connectivity index (χ0n) is 14.2. The number of benzene rings is 1. The van der Waals surface area contributed by atoms with Crippen LogP contribution in [0.1, 0.15) is 31.2 Å². The van der Waals surface area contributed by atoms with Gasteiger partial charge in [0.05, 0.1) is 16.1 Å². The largest absolute Gasteiger partial charge is 0.335 e. The number of hydrogen-bond donors (Lipinski definition) is 2. The van der Waals surface area contributed by atoms with E-state index in [-0.39, 0.29) is 17.9 Å². The Hall–Kier alpha value is -2.15. The highest BCUT2D eigenvalue weighted by atomic mass is 32.1. The molecule has 1 aliphatic carbocycles. The van der Waals surface area contributed by atoms with Crippen LogP contribution in [0, 0.1) is 12.8 Å². The number of anilines is 1. The van der Waals surface area contributed by atoms with Gasteiger partial charge in [0.25, 0.3) is 0 Å². The summed E-state index contributed by atoms with van der Waals surface area (Å²) in [5.41, 5.74) is 2.08. The van der Waals surface area contributed by atoms with Crippen LogP contribution in [0.25, 0.3) is 10.2 Å². The number of piperidine rings is 1. The number of nitrogens with zero attached hydrogens (tertiary/aromatic N) is 2. The number of nitrogens with one attached hydrogen (secondary N) is 2. The van der Waals surface area contributed by atoms with Crippen LogP contribution in [0.4, 0.5) is 9.93 Å². The van der Waals surface area contributed by atoms with Gasteiger partial charge in [-0.1, -0.05) is 17.4 Å². The Balaban J connectivity index is 1.39. The molecule has 0 bridgehead atoms. The van der Waals surface area contributed by atoms with Crippen LogP contribution in [0.2, 0.25) is 0 Å². The summed E-state index contributed by atoms with van der Waals surface area (Å²) in [5, 5.41) is 6.57. The summed E-state index contributed by atoms with van der Waals surface area (Å²) in [6, 6.07) is 6.38. The van der Waals surface area contributed by atoms with Crippen LogP contribution >= 0.6 is 11.3 Å². The Morgan fingerprint density at radius 3 is 2.92 bits per heavy atom. The molecule has 6 nitrogen and oxygen atoms in total. The molecule has 2 fully saturated rings. The molecule has 1 unspecified atom stereocenters. The second kappa shape index (κ2) is 6.63. The molecule has 1 aromatic carbocycles. The average molecular weight is 358 g/mol. The van der Waals surface area contributed by atoms with Gasteiger partial charge in [-0.2, -0.15) is 0 Å². The van der Waals surface area contributed by atoms with Crippen LogP contribution in [-0.2, 0) is 4.79 Å². The first kappa shape index (κ1) is 16.3. The summed E-state index contributed by atoms with van der Waals surface area (Å²) >= 11 is 1.49. The molecule has 4 rings (SSSR count). The van der Waals surface area contributed by atoms with E-state index in [0.29, 0.717) is 17.7 Å². The van der Waals surface area contributed by atoms with Crippen molar-refractivity contribution in [3.05, 3.63) is 23.8 Å². The molecule has 2 aromatic rings. The van der Waals surface area contributed by atoms with Crippen molar-refractivity contribution in [1.29, 1.82) is 0 Å². The minimum Gasteiger partial charge on any atom is -0.335 e. The van der Waals surface area contributed by atoms with E-state index in [2.05, 4.69) is 21.7 Å². The lowest BCUT2D eigenvalue weighted by Crippen LogP contribution is -2.48. The number of aryl methyl sites for hydroxylation is 1. The number of amides is 3. The van der Waals surface area contributed by atoms with E-state index in [0.717, 1.165) is 42.4 Å². The van der Waals surface area contributed by atoms with Crippen LogP contribution in [0.5, 0.6) is 0 Å². The van der Waals surface area contributed by atoms with E-state index in [1.54, 1.807) is 4.90 Å². The average Bonchev–Trinajstić information content (AvgIpc) is 3.32. The van der Waals surface area contributed by atoms with Gasteiger partial charge in [-0.15, -0.1) is 0 Å². The molecule has 3 amide bonds. The summed E-state index contributed by atoms with van der Waals surface area (Å²) in [4.78, 5) is 31.1. The van der Waals surface area contributed by atoms with Crippen molar-refractivity contribution in [3.8, 4) is 0 Å². The minimum absolute atomic E-state index is 0.0320. The molecule has 1 saturated heterocycles. The standard InChI is InChI=1S/C18H22N4O2S/c1-11-4-7-14-15(9-11)25-17(20-14)21-16(23)12-3-2-8-22(10-12)18(24)19-13-5-6-13/h4,7,9,12-13H,2-3,5-6,8,10H2,1H3,(H,19,24)(H,20,21,23). The number of hydrogen-bond acceptors (Lipinski definition) is 4. The summed E-state index contributed by atoms with van der Waals surface area (Å²) in [7, 11) is 0. The smallest absolute Gasteiger partial charge is 0.317 e. The molecule has 25 heavy (non-hydrogen) atoms. The third-order valence-electron chi connectivity index (χ3n) is 4.76. The highest BCUT2D eigenvalue weighted by molar-refractivity contribution is 7.22. The molecule has 7 heteroatoms. The number of aromatic nitrogens is 1. The normalized spacial score (nSPS) is 20.5. The molecular formula is C18H22N4O2S. The topological polar surface area (TPSA) is 74.3 Å². The van der Waals surface area contributed by atoms with Gasteiger partial charge < -0.3 is 15.5 Å². The number of likely N-dealkylation sites (tertiary alicyclic amines) is 1. The zero-order valence-corrected chi connectivity index (χ0v) is 15.1. The monoisotopic (exact) mass is 358 g/mol. The molecule has 2 N–H and O–H groups in total. The maximum absolute atomic E-state index is 12.6.